The van der Waals surface area contributed by atoms with E-state index in [1.165, 1.54) is 88.5 Å². The SMILES string of the molecule is c1ccc2c(c1)-c1ccccc1C21c2ccccc2N(c2ccc3c(c2)c2cccc4c5ccccc5n3c42)c2ccccc21. The number of hydrogen-bond acceptors (Lipinski definition) is 1. The van der Waals surface area contributed by atoms with Gasteiger partial charge in [-0.05, 0) is 69.8 Å². The van der Waals surface area contributed by atoms with Gasteiger partial charge in [0.15, 0.2) is 0 Å². The first kappa shape index (κ1) is 23.6. The molecule has 208 valence electrons. The molecule has 0 saturated heterocycles. The van der Waals surface area contributed by atoms with Crippen molar-refractivity contribution >= 4 is 55.2 Å². The number of para-hydroxylation sites is 4. The first-order valence-corrected chi connectivity index (χ1v) is 15.7. The lowest BCUT2D eigenvalue weighted by Crippen LogP contribution is -2.36. The van der Waals surface area contributed by atoms with Crippen LogP contribution >= 0.6 is 0 Å². The van der Waals surface area contributed by atoms with Crippen molar-refractivity contribution in [1.29, 1.82) is 0 Å². The third-order valence-corrected chi connectivity index (χ3v) is 10.5. The molecule has 2 aromatic heterocycles. The van der Waals surface area contributed by atoms with Crippen LogP contribution in [0, 0.1) is 0 Å². The molecular formula is C43H26N2. The number of benzene rings is 7. The van der Waals surface area contributed by atoms with E-state index in [1.807, 2.05) is 0 Å². The van der Waals surface area contributed by atoms with E-state index in [4.69, 9.17) is 0 Å². The topological polar surface area (TPSA) is 7.65 Å². The zero-order chi connectivity index (χ0) is 29.3. The third kappa shape index (κ3) is 2.69. The van der Waals surface area contributed by atoms with Crippen molar-refractivity contribution in [3.05, 3.63) is 180 Å². The van der Waals surface area contributed by atoms with Crippen molar-refractivity contribution in [2.45, 2.75) is 5.41 Å². The summed E-state index contributed by atoms with van der Waals surface area (Å²) in [6, 6.07) is 58.7. The second-order valence-electron chi connectivity index (χ2n) is 12.5. The summed E-state index contributed by atoms with van der Waals surface area (Å²) in [7, 11) is 0. The highest BCUT2D eigenvalue weighted by atomic mass is 15.2. The number of aromatic nitrogens is 1. The van der Waals surface area contributed by atoms with Crippen LogP contribution in [0.3, 0.4) is 0 Å². The maximum atomic E-state index is 2.49. The maximum Gasteiger partial charge on any atom is 0.0754 e. The molecule has 0 atom stereocenters. The predicted octanol–water partition coefficient (Wildman–Crippen LogP) is 11.0. The zero-order valence-corrected chi connectivity index (χ0v) is 24.4. The average Bonchev–Trinajstić information content (AvgIpc) is 3.73. The summed E-state index contributed by atoms with van der Waals surface area (Å²) in [5.74, 6) is 0. The van der Waals surface area contributed by atoms with Crippen LogP contribution < -0.4 is 4.90 Å². The maximum absolute atomic E-state index is 2.49. The van der Waals surface area contributed by atoms with Crippen molar-refractivity contribution in [3.63, 3.8) is 0 Å². The fourth-order valence-electron chi connectivity index (χ4n) is 8.90. The lowest BCUT2D eigenvalue weighted by Gasteiger charge is -2.45. The fourth-order valence-corrected chi connectivity index (χ4v) is 8.90. The summed E-state index contributed by atoms with van der Waals surface area (Å²) in [6.45, 7) is 0. The summed E-state index contributed by atoms with van der Waals surface area (Å²) >= 11 is 0. The van der Waals surface area contributed by atoms with Crippen LogP contribution in [0.4, 0.5) is 17.1 Å². The predicted molar refractivity (Wildman–Crippen MR) is 187 cm³/mol. The first-order chi connectivity index (χ1) is 22.4. The van der Waals surface area contributed by atoms with Crippen LogP contribution in [0.2, 0.25) is 0 Å². The Hall–Kier alpha value is -5.86. The molecule has 3 heterocycles. The van der Waals surface area contributed by atoms with Crippen molar-refractivity contribution in [1.82, 2.24) is 4.40 Å². The third-order valence-electron chi connectivity index (χ3n) is 10.5. The molecule has 0 unspecified atom stereocenters. The van der Waals surface area contributed by atoms with Gasteiger partial charge in [0.2, 0.25) is 0 Å². The highest BCUT2D eigenvalue weighted by molar-refractivity contribution is 6.23. The van der Waals surface area contributed by atoms with E-state index in [0.717, 1.165) is 0 Å². The highest BCUT2D eigenvalue weighted by Gasteiger charge is 2.51. The van der Waals surface area contributed by atoms with Crippen LogP contribution in [-0.2, 0) is 5.41 Å². The number of anilines is 3. The smallest absolute Gasteiger partial charge is 0.0754 e. The molecule has 2 nitrogen and oxygen atoms in total. The van der Waals surface area contributed by atoms with Crippen LogP contribution in [0.25, 0.3) is 49.2 Å². The van der Waals surface area contributed by atoms with E-state index >= 15 is 0 Å². The molecule has 0 bridgehead atoms. The standard InChI is InChI=1S/C43H26N2/c1-4-17-34-28(12-1)29-13-2-5-18-35(29)43(34)36-19-6-9-22-40(36)44(41-23-10-7-20-37(41)43)27-24-25-39-33(26-27)32-16-11-15-31-30-14-3-8-21-38(30)45(39)42(31)32/h1-26H. The molecule has 11 rings (SSSR count). The number of hydrogen-bond donors (Lipinski definition) is 0. The average molecular weight is 571 g/mol. The van der Waals surface area contributed by atoms with Crippen molar-refractivity contribution in [2.24, 2.45) is 0 Å². The van der Waals surface area contributed by atoms with Gasteiger partial charge in [-0.2, -0.15) is 0 Å². The molecule has 0 amide bonds. The Labute approximate surface area is 260 Å². The summed E-state index contributed by atoms with van der Waals surface area (Å²) in [5, 5.41) is 5.21. The van der Waals surface area contributed by atoms with Crippen LogP contribution in [0.15, 0.2) is 158 Å². The normalized spacial score (nSPS) is 14.4. The van der Waals surface area contributed by atoms with E-state index in [0.29, 0.717) is 0 Å². The molecule has 0 N–H and O–H groups in total. The minimum atomic E-state index is -0.392. The van der Waals surface area contributed by atoms with Crippen LogP contribution in [0.1, 0.15) is 22.3 Å². The van der Waals surface area contributed by atoms with Gasteiger partial charge in [-0.1, -0.05) is 121 Å². The lowest BCUT2D eigenvalue weighted by molar-refractivity contribution is 0.752. The Bertz CT molecular complexity index is 2580. The summed E-state index contributed by atoms with van der Waals surface area (Å²) in [6.07, 6.45) is 0. The molecule has 1 aliphatic carbocycles. The lowest BCUT2D eigenvalue weighted by atomic mass is 9.64. The zero-order valence-electron chi connectivity index (χ0n) is 24.4. The molecule has 7 aromatic carbocycles. The summed E-state index contributed by atoms with van der Waals surface area (Å²) in [5.41, 5.74) is 15.1. The van der Waals surface area contributed by atoms with Gasteiger partial charge in [0.25, 0.3) is 0 Å². The minimum Gasteiger partial charge on any atom is -0.310 e. The molecule has 0 saturated carbocycles. The first-order valence-electron chi connectivity index (χ1n) is 15.7. The molecule has 1 spiro atoms. The van der Waals surface area contributed by atoms with Gasteiger partial charge >= 0.3 is 0 Å². The number of nitrogens with zero attached hydrogens (tertiary/aromatic N) is 2. The van der Waals surface area contributed by atoms with Crippen LogP contribution in [0.5, 0.6) is 0 Å². The van der Waals surface area contributed by atoms with E-state index in [9.17, 15) is 0 Å². The molecule has 2 aliphatic rings. The Morgan fingerprint density at radius 3 is 1.58 bits per heavy atom. The number of fused-ring (bicyclic) bond motifs is 15. The number of rotatable bonds is 1. The Morgan fingerprint density at radius 2 is 0.889 bits per heavy atom. The second-order valence-corrected chi connectivity index (χ2v) is 12.5. The largest absolute Gasteiger partial charge is 0.310 e. The van der Waals surface area contributed by atoms with Crippen LogP contribution in [-0.4, -0.2) is 4.40 Å². The minimum absolute atomic E-state index is 0.392. The highest BCUT2D eigenvalue weighted by Crippen LogP contribution is 2.63. The monoisotopic (exact) mass is 570 g/mol. The van der Waals surface area contributed by atoms with E-state index in [1.54, 1.807) is 0 Å². The molecule has 0 fully saturated rings. The van der Waals surface area contributed by atoms with Gasteiger partial charge in [0, 0.05) is 27.2 Å². The Balaban J connectivity index is 1.23. The summed E-state index contributed by atoms with van der Waals surface area (Å²) < 4.78 is 2.46. The molecular weight excluding hydrogens is 544 g/mol. The Kier molecular flexibility index (Phi) is 4.29. The van der Waals surface area contributed by atoms with E-state index < -0.39 is 5.41 Å². The molecule has 2 heteroatoms. The van der Waals surface area contributed by atoms with E-state index in [-0.39, 0.29) is 0 Å². The van der Waals surface area contributed by atoms with Gasteiger partial charge < -0.3 is 9.30 Å². The Morgan fingerprint density at radius 1 is 0.378 bits per heavy atom. The van der Waals surface area contributed by atoms with Crippen molar-refractivity contribution in [3.8, 4) is 11.1 Å². The van der Waals surface area contributed by atoms with Crippen molar-refractivity contribution in [2.75, 3.05) is 4.90 Å². The molecule has 9 aromatic rings. The quantitative estimate of drug-likeness (QED) is 0.190. The van der Waals surface area contributed by atoms with Gasteiger partial charge in [0.1, 0.15) is 0 Å². The molecule has 0 radical (unpaired) electrons. The van der Waals surface area contributed by atoms with Gasteiger partial charge in [-0.3, -0.25) is 0 Å². The van der Waals surface area contributed by atoms with Crippen molar-refractivity contribution < 1.29 is 0 Å². The van der Waals surface area contributed by atoms with Gasteiger partial charge in [-0.25, -0.2) is 0 Å². The van der Waals surface area contributed by atoms with E-state index in [2.05, 4.69) is 167 Å². The fraction of sp³-hybridized carbons (Fsp3) is 0.0233. The molecule has 45 heavy (non-hydrogen) atoms. The van der Waals surface area contributed by atoms with Gasteiger partial charge in [-0.15, -0.1) is 0 Å². The second kappa shape index (κ2) is 8.19. The molecule has 1 aliphatic heterocycles. The summed E-state index contributed by atoms with van der Waals surface area (Å²) in [4.78, 5) is 2.49. The van der Waals surface area contributed by atoms with Gasteiger partial charge in [0.05, 0.1) is 33.3 Å².